The van der Waals surface area contributed by atoms with E-state index >= 15 is 0 Å². The number of hydrogen-bond acceptors (Lipinski definition) is 4. The Kier molecular flexibility index (Phi) is 2.46. The van der Waals surface area contributed by atoms with E-state index in [1.807, 2.05) is 0 Å². The molecule has 0 spiro atoms. The molecule has 1 unspecified atom stereocenters. The third kappa shape index (κ3) is 1.70. The molecule has 1 saturated carbocycles. The summed E-state index contributed by atoms with van der Waals surface area (Å²) in [5.41, 5.74) is 5.51. The molecule has 0 aromatic rings. The molecule has 0 aliphatic heterocycles. The third-order valence-corrected chi connectivity index (χ3v) is 2.13. The number of esters is 1. The van der Waals surface area contributed by atoms with Gasteiger partial charge in [-0.15, -0.1) is 0 Å². The van der Waals surface area contributed by atoms with Crippen LogP contribution in [0.4, 0.5) is 0 Å². The highest BCUT2D eigenvalue weighted by molar-refractivity contribution is 5.75. The number of nitrogens with two attached hydrogens (primary N) is 1. The molecule has 1 aliphatic carbocycles. The maximum Gasteiger partial charge on any atom is 0.322 e. The van der Waals surface area contributed by atoms with E-state index in [-0.39, 0.29) is 18.0 Å². The van der Waals surface area contributed by atoms with Crippen LogP contribution in [0.15, 0.2) is 0 Å². The molecule has 1 fully saturated rings. The summed E-state index contributed by atoms with van der Waals surface area (Å²) >= 11 is 0. The molecule has 64 valence electrons. The number of hydrogen-bond donors (Lipinski definition) is 2. The van der Waals surface area contributed by atoms with Crippen molar-refractivity contribution in [2.75, 3.05) is 7.11 Å². The lowest BCUT2D eigenvalue weighted by molar-refractivity contribution is -0.145. The van der Waals surface area contributed by atoms with Crippen LogP contribution in [0, 0.1) is 5.92 Å². The van der Waals surface area contributed by atoms with Crippen molar-refractivity contribution in [1.29, 1.82) is 0 Å². The van der Waals surface area contributed by atoms with Gasteiger partial charge in [0.25, 0.3) is 0 Å². The van der Waals surface area contributed by atoms with Crippen molar-refractivity contribution < 1.29 is 14.6 Å². The lowest BCUT2D eigenvalue weighted by Gasteiger charge is -2.34. The van der Waals surface area contributed by atoms with Crippen LogP contribution < -0.4 is 5.73 Å². The second-order valence-corrected chi connectivity index (χ2v) is 2.93. The summed E-state index contributed by atoms with van der Waals surface area (Å²) in [6.45, 7) is 0. The number of methoxy groups -OCH3 is 1. The third-order valence-electron chi connectivity index (χ3n) is 2.13. The molecule has 4 heteroatoms. The fraction of sp³-hybridized carbons (Fsp3) is 0.857. The summed E-state index contributed by atoms with van der Waals surface area (Å²) in [5, 5.41) is 8.91. The predicted octanol–water partition coefficient (Wildman–Crippen LogP) is -0.742. The van der Waals surface area contributed by atoms with Crippen molar-refractivity contribution in [3.05, 3.63) is 0 Å². The summed E-state index contributed by atoms with van der Waals surface area (Å²) in [6.07, 6.45) is 0.975. The first-order valence-electron chi connectivity index (χ1n) is 3.66. The predicted molar refractivity (Wildman–Crippen MR) is 38.7 cm³/mol. The molecule has 0 heterocycles. The fourth-order valence-electron chi connectivity index (χ4n) is 1.25. The van der Waals surface area contributed by atoms with E-state index in [1.165, 1.54) is 7.11 Å². The SMILES string of the molecule is COC(=O)C(N)C1CC(O)C1. The molecule has 1 rings (SSSR count). The topological polar surface area (TPSA) is 72.5 Å². The zero-order valence-corrected chi connectivity index (χ0v) is 6.49. The smallest absolute Gasteiger partial charge is 0.322 e. The molecule has 0 radical (unpaired) electrons. The first-order chi connectivity index (χ1) is 5.15. The Morgan fingerprint density at radius 2 is 2.27 bits per heavy atom. The maximum atomic E-state index is 10.8. The summed E-state index contributed by atoms with van der Waals surface area (Å²) in [6, 6.07) is -0.552. The zero-order valence-electron chi connectivity index (χ0n) is 6.49. The molecule has 0 aromatic heterocycles. The Hall–Kier alpha value is -0.610. The first kappa shape index (κ1) is 8.49. The normalized spacial score (nSPS) is 32.3. The molecule has 1 aliphatic rings. The average molecular weight is 159 g/mol. The molecule has 0 aromatic carbocycles. The lowest BCUT2D eigenvalue weighted by Crippen LogP contribution is -2.46. The highest BCUT2D eigenvalue weighted by atomic mass is 16.5. The minimum Gasteiger partial charge on any atom is -0.468 e. The second-order valence-electron chi connectivity index (χ2n) is 2.93. The van der Waals surface area contributed by atoms with E-state index in [0.717, 1.165) is 0 Å². The number of aliphatic hydroxyl groups is 1. The van der Waals surface area contributed by atoms with Gasteiger partial charge >= 0.3 is 5.97 Å². The highest BCUT2D eigenvalue weighted by Gasteiger charge is 2.35. The van der Waals surface area contributed by atoms with Crippen LogP contribution in [0.25, 0.3) is 0 Å². The van der Waals surface area contributed by atoms with Crippen molar-refractivity contribution in [3.8, 4) is 0 Å². The Morgan fingerprint density at radius 3 is 2.64 bits per heavy atom. The number of ether oxygens (including phenoxy) is 1. The van der Waals surface area contributed by atoms with E-state index in [4.69, 9.17) is 10.8 Å². The van der Waals surface area contributed by atoms with Gasteiger partial charge in [0.15, 0.2) is 0 Å². The van der Waals surface area contributed by atoms with Gasteiger partial charge in [-0.1, -0.05) is 0 Å². The summed E-state index contributed by atoms with van der Waals surface area (Å²) in [4.78, 5) is 10.8. The summed E-state index contributed by atoms with van der Waals surface area (Å²) < 4.78 is 4.46. The molecule has 3 N–H and O–H groups in total. The average Bonchev–Trinajstić information content (AvgIpc) is 1.96. The molecule has 1 atom stereocenters. The monoisotopic (exact) mass is 159 g/mol. The lowest BCUT2D eigenvalue weighted by atomic mass is 9.77. The minimum absolute atomic E-state index is 0.109. The minimum atomic E-state index is -0.552. The van der Waals surface area contributed by atoms with Crippen molar-refractivity contribution in [2.45, 2.75) is 25.0 Å². The van der Waals surface area contributed by atoms with E-state index in [2.05, 4.69) is 4.74 Å². The molecule has 4 nitrogen and oxygen atoms in total. The van der Waals surface area contributed by atoms with Gasteiger partial charge in [-0.05, 0) is 18.8 Å². The number of carbonyl (C=O) groups excluding carboxylic acids is 1. The molecular formula is C7H13NO3. The Morgan fingerprint density at radius 1 is 1.73 bits per heavy atom. The van der Waals surface area contributed by atoms with Gasteiger partial charge in [0.05, 0.1) is 13.2 Å². The number of rotatable bonds is 2. The Bertz CT molecular complexity index is 154. The quantitative estimate of drug-likeness (QED) is 0.520. The van der Waals surface area contributed by atoms with Gasteiger partial charge < -0.3 is 15.6 Å². The first-order valence-corrected chi connectivity index (χ1v) is 3.66. The standard InChI is InChI=1S/C7H13NO3/c1-11-7(10)6(8)4-2-5(9)3-4/h4-6,9H,2-3,8H2,1H3. The number of aliphatic hydroxyl groups excluding tert-OH is 1. The van der Waals surface area contributed by atoms with Crippen LogP contribution >= 0.6 is 0 Å². The van der Waals surface area contributed by atoms with E-state index in [0.29, 0.717) is 12.8 Å². The van der Waals surface area contributed by atoms with Crippen LogP contribution in [0.1, 0.15) is 12.8 Å². The van der Waals surface area contributed by atoms with Crippen molar-refractivity contribution in [2.24, 2.45) is 11.7 Å². The van der Waals surface area contributed by atoms with Gasteiger partial charge in [-0.25, -0.2) is 0 Å². The second kappa shape index (κ2) is 3.19. The number of carbonyl (C=O) groups is 1. The van der Waals surface area contributed by atoms with E-state index in [1.54, 1.807) is 0 Å². The van der Waals surface area contributed by atoms with Crippen molar-refractivity contribution >= 4 is 5.97 Å². The van der Waals surface area contributed by atoms with Crippen LogP contribution in [0.5, 0.6) is 0 Å². The van der Waals surface area contributed by atoms with E-state index < -0.39 is 6.04 Å². The largest absolute Gasteiger partial charge is 0.468 e. The van der Waals surface area contributed by atoms with Crippen LogP contribution in [0.2, 0.25) is 0 Å². The van der Waals surface area contributed by atoms with Gasteiger partial charge in [0, 0.05) is 0 Å². The molecular weight excluding hydrogens is 146 g/mol. The van der Waals surface area contributed by atoms with Crippen molar-refractivity contribution in [1.82, 2.24) is 0 Å². The maximum absolute atomic E-state index is 10.8. The molecule has 11 heavy (non-hydrogen) atoms. The van der Waals surface area contributed by atoms with Crippen LogP contribution in [-0.2, 0) is 9.53 Å². The van der Waals surface area contributed by atoms with Gasteiger partial charge in [0.2, 0.25) is 0 Å². The summed E-state index contributed by atoms with van der Waals surface area (Å²) in [5.74, 6) is -0.278. The fourth-order valence-corrected chi connectivity index (χ4v) is 1.25. The molecule has 0 saturated heterocycles. The molecule has 0 bridgehead atoms. The molecule has 0 amide bonds. The Labute approximate surface area is 65.3 Å². The van der Waals surface area contributed by atoms with E-state index in [9.17, 15) is 4.79 Å². The van der Waals surface area contributed by atoms with Crippen molar-refractivity contribution in [3.63, 3.8) is 0 Å². The van der Waals surface area contributed by atoms with Gasteiger partial charge in [-0.3, -0.25) is 4.79 Å². The van der Waals surface area contributed by atoms with Gasteiger partial charge in [0.1, 0.15) is 6.04 Å². The summed E-state index contributed by atoms with van der Waals surface area (Å²) in [7, 11) is 1.32. The van der Waals surface area contributed by atoms with Crippen LogP contribution in [0.3, 0.4) is 0 Å². The van der Waals surface area contributed by atoms with Crippen LogP contribution in [-0.4, -0.2) is 30.3 Å². The zero-order chi connectivity index (χ0) is 8.43. The van der Waals surface area contributed by atoms with Gasteiger partial charge in [-0.2, -0.15) is 0 Å². The highest BCUT2D eigenvalue weighted by Crippen LogP contribution is 2.29. The Balaban J connectivity index is 2.31.